The highest BCUT2D eigenvalue weighted by molar-refractivity contribution is 5.13. The molecule has 0 amide bonds. The second-order valence-electron chi connectivity index (χ2n) is 4.71. The maximum absolute atomic E-state index is 13.5. The van der Waals surface area contributed by atoms with E-state index in [1.807, 2.05) is 0 Å². The third-order valence-corrected chi connectivity index (χ3v) is 3.22. The second kappa shape index (κ2) is 5.38. The van der Waals surface area contributed by atoms with Gasteiger partial charge in [0.25, 0.3) is 0 Å². The smallest absolute Gasteiger partial charge is 0.372 e. The molecule has 0 bridgehead atoms. The molecule has 1 rings (SSSR count). The molecule has 1 saturated heterocycles. The van der Waals surface area contributed by atoms with Crippen LogP contribution in [0.3, 0.4) is 0 Å². The third kappa shape index (κ3) is 2.62. The van der Waals surface area contributed by atoms with E-state index in [1.165, 1.54) is 0 Å². The van der Waals surface area contributed by atoms with Crippen LogP contribution in [-0.4, -0.2) is 42.6 Å². The van der Waals surface area contributed by atoms with Crippen molar-refractivity contribution >= 4 is 0 Å². The predicted molar refractivity (Wildman–Crippen MR) is 49.4 cm³/mol. The van der Waals surface area contributed by atoms with Crippen molar-refractivity contribution in [2.45, 2.75) is 55.2 Å². The number of hydrogen-bond acceptors (Lipinski definition) is 1. The second-order valence-corrected chi connectivity index (χ2v) is 4.71. The fraction of sp³-hybridized carbons (Fsp3) is 1.00. The van der Waals surface area contributed by atoms with Crippen LogP contribution < -0.4 is 0 Å². The summed E-state index contributed by atoms with van der Waals surface area (Å²) in [7, 11) is 0. The van der Waals surface area contributed by atoms with E-state index in [2.05, 4.69) is 4.74 Å². The van der Waals surface area contributed by atoms with E-state index in [9.17, 15) is 48.3 Å². The maximum Gasteiger partial charge on any atom is 0.438 e. The Hall–Kier alpha value is -0.810. The topological polar surface area (TPSA) is 9.23 Å². The van der Waals surface area contributed by atoms with Gasteiger partial charge in [0, 0.05) is 6.61 Å². The zero-order valence-electron chi connectivity index (χ0n) is 10.5. The van der Waals surface area contributed by atoms with Crippen molar-refractivity contribution in [2.75, 3.05) is 6.61 Å². The van der Waals surface area contributed by atoms with Gasteiger partial charge in [-0.25, -0.2) is 4.39 Å². The Kier molecular flexibility index (Phi) is 4.70. The minimum atomic E-state index is -7.41. The van der Waals surface area contributed by atoms with Gasteiger partial charge in [-0.1, -0.05) is 0 Å². The molecule has 0 aromatic heterocycles. The Labute approximate surface area is 116 Å². The molecule has 1 aliphatic heterocycles. The summed E-state index contributed by atoms with van der Waals surface area (Å²) in [6.07, 6.45) is -18.5. The van der Waals surface area contributed by atoms with Crippen LogP contribution in [0.1, 0.15) is 19.3 Å². The van der Waals surface area contributed by atoms with E-state index in [0.29, 0.717) is 0 Å². The van der Waals surface area contributed by atoms with Gasteiger partial charge in [0.1, 0.15) is 6.10 Å². The average Bonchev–Trinajstić information content (AvgIpc) is 2.35. The Balaban J connectivity index is 3.38. The van der Waals surface area contributed by atoms with Crippen LogP contribution >= 0.6 is 0 Å². The molecule has 1 aliphatic rings. The van der Waals surface area contributed by atoms with Crippen molar-refractivity contribution in [3.63, 3.8) is 0 Å². The average molecular weight is 354 g/mol. The first kappa shape index (κ1) is 19.2. The van der Waals surface area contributed by atoms with Gasteiger partial charge in [0.15, 0.2) is 0 Å². The van der Waals surface area contributed by atoms with Crippen LogP contribution in [0.5, 0.6) is 0 Å². The molecule has 1 heterocycles. The summed E-state index contributed by atoms with van der Waals surface area (Å²) in [4.78, 5) is 0. The lowest BCUT2D eigenvalue weighted by Crippen LogP contribution is -2.72. The Morgan fingerprint density at radius 3 is 1.45 bits per heavy atom. The van der Waals surface area contributed by atoms with Crippen molar-refractivity contribution in [3.8, 4) is 0 Å². The molecular weight excluding hydrogens is 345 g/mol. The molecule has 132 valence electrons. The van der Waals surface area contributed by atoms with Crippen LogP contribution in [0.25, 0.3) is 0 Å². The van der Waals surface area contributed by atoms with Gasteiger partial charge in [-0.15, -0.1) is 0 Å². The van der Waals surface area contributed by atoms with Gasteiger partial charge in [0.2, 0.25) is 0 Å². The number of ether oxygens (including phenoxy) is 1. The first-order valence-electron chi connectivity index (χ1n) is 5.80. The van der Waals surface area contributed by atoms with Crippen LogP contribution in [0.15, 0.2) is 0 Å². The summed E-state index contributed by atoms with van der Waals surface area (Å²) in [5.74, 6) is -13.1. The quantitative estimate of drug-likeness (QED) is 0.670. The zero-order valence-corrected chi connectivity index (χ0v) is 10.5. The summed E-state index contributed by atoms with van der Waals surface area (Å²) in [6, 6.07) is 0. The number of alkyl halides is 11. The molecule has 0 spiro atoms. The minimum Gasteiger partial charge on any atom is -0.372 e. The van der Waals surface area contributed by atoms with Gasteiger partial charge >= 0.3 is 29.9 Å². The van der Waals surface area contributed by atoms with Crippen LogP contribution in [0.4, 0.5) is 48.3 Å². The molecule has 1 nitrogen and oxygen atoms in total. The van der Waals surface area contributed by atoms with Gasteiger partial charge < -0.3 is 4.74 Å². The first-order valence-corrected chi connectivity index (χ1v) is 5.80. The molecule has 0 aromatic carbocycles. The molecule has 22 heavy (non-hydrogen) atoms. The monoisotopic (exact) mass is 354 g/mol. The molecule has 12 heteroatoms. The number of halogens is 11. The fourth-order valence-electron chi connectivity index (χ4n) is 1.98. The van der Waals surface area contributed by atoms with Crippen LogP contribution in [0, 0.1) is 0 Å². The molecule has 1 atom stereocenters. The standard InChI is InChI=1S/C10H9F11O/c11-6(12,5-3-1-2-4-22-5)8(14,15)7(13,9(16,17)18)10(19,20)21/h5H,1-4H2. The maximum atomic E-state index is 13.5. The van der Waals surface area contributed by atoms with E-state index in [1.54, 1.807) is 0 Å². The molecule has 0 radical (unpaired) electrons. The van der Waals surface area contributed by atoms with Crippen molar-refractivity contribution in [3.05, 3.63) is 0 Å². The molecule has 0 N–H and O–H groups in total. The SMILES string of the molecule is FC(F)(F)C(F)(C(F)(F)F)C(F)(F)C(F)(F)C1CCCCO1. The third-order valence-electron chi connectivity index (χ3n) is 3.22. The highest BCUT2D eigenvalue weighted by Crippen LogP contribution is 2.60. The van der Waals surface area contributed by atoms with Crippen molar-refractivity contribution < 1.29 is 53.0 Å². The summed E-state index contributed by atoms with van der Waals surface area (Å²) < 4.78 is 145. The van der Waals surface area contributed by atoms with Crippen LogP contribution in [-0.2, 0) is 4.74 Å². The molecule has 0 aromatic rings. The lowest BCUT2D eigenvalue weighted by atomic mass is 9.86. The zero-order chi connectivity index (χ0) is 17.6. The summed E-state index contributed by atoms with van der Waals surface area (Å²) >= 11 is 0. The normalized spacial score (nSPS) is 22.8. The summed E-state index contributed by atoms with van der Waals surface area (Å²) in [5, 5.41) is 0. The minimum absolute atomic E-state index is 0.109. The highest BCUT2D eigenvalue weighted by Gasteiger charge is 2.90. The van der Waals surface area contributed by atoms with Gasteiger partial charge in [-0.3, -0.25) is 0 Å². The van der Waals surface area contributed by atoms with Crippen LogP contribution in [0.2, 0.25) is 0 Å². The van der Waals surface area contributed by atoms with E-state index >= 15 is 0 Å². The van der Waals surface area contributed by atoms with Gasteiger partial charge in [-0.2, -0.15) is 43.9 Å². The molecular formula is C10H9F11O. The van der Waals surface area contributed by atoms with Crippen molar-refractivity contribution in [2.24, 2.45) is 0 Å². The first-order chi connectivity index (χ1) is 9.61. The lowest BCUT2D eigenvalue weighted by Gasteiger charge is -2.42. The van der Waals surface area contributed by atoms with Crippen molar-refractivity contribution in [1.29, 1.82) is 0 Å². The highest BCUT2D eigenvalue weighted by atomic mass is 19.4. The summed E-state index contributed by atoms with van der Waals surface area (Å²) in [5.41, 5.74) is -7.41. The predicted octanol–water partition coefficient (Wildman–Crippen LogP) is 4.66. The van der Waals surface area contributed by atoms with Gasteiger partial charge in [0.05, 0.1) is 0 Å². The number of hydrogen-bond donors (Lipinski definition) is 0. The Morgan fingerprint density at radius 1 is 0.682 bits per heavy atom. The summed E-state index contributed by atoms with van der Waals surface area (Å²) in [6.45, 7) is -0.562. The lowest BCUT2D eigenvalue weighted by molar-refractivity contribution is -0.434. The van der Waals surface area contributed by atoms with E-state index in [0.717, 1.165) is 0 Å². The van der Waals surface area contributed by atoms with E-state index < -0.39 is 49.0 Å². The van der Waals surface area contributed by atoms with Crippen molar-refractivity contribution in [1.82, 2.24) is 0 Å². The molecule has 0 saturated carbocycles. The van der Waals surface area contributed by atoms with E-state index in [4.69, 9.17) is 0 Å². The van der Waals surface area contributed by atoms with Gasteiger partial charge in [-0.05, 0) is 19.3 Å². The Bertz CT molecular complexity index is 377. The van der Waals surface area contributed by atoms with E-state index in [-0.39, 0.29) is 12.8 Å². The fourth-order valence-corrected chi connectivity index (χ4v) is 1.98. The molecule has 0 aliphatic carbocycles. The molecule has 1 fully saturated rings. The Morgan fingerprint density at radius 2 is 1.14 bits per heavy atom. The number of rotatable bonds is 3. The molecule has 1 unspecified atom stereocenters. The largest absolute Gasteiger partial charge is 0.438 e.